The minimum absolute atomic E-state index is 0.0387. The third kappa shape index (κ3) is 7.52. The van der Waals surface area contributed by atoms with Crippen molar-refractivity contribution in [2.45, 2.75) is 92.9 Å². The molecule has 59 heavy (non-hydrogen) atoms. The van der Waals surface area contributed by atoms with Crippen LogP contribution in [0, 0.1) is 10.8 Å². The summed E-state index contributed by atoms with van der Waals surface area (Å²) >= 11 is 0. The van der Waals surface area contributed by atoms with Crippen LogP contribution in [-0.4, -0.2) is 76.7 Å². The monoisotopic (exact) mass is 804 g/mol. The van der Waals surface area contributed by atoms with Gasteiger partial charge in [-0.3, -0.25) is 0 Å². The fraction of sp³-hybridized carbons (Fsp3) is 0.435. The zero-order valence-electron chi connectivity index (χ0n) is 35.8. The van der Waals surface area contributed by atoms with Crippen LogP contribution in [-0.2, 0) is 25.0 Å². The lowest BCUT2D eigenvalue weighted by atomic mass is 9.72. The summed E-state index contributed by atoms with van der Waals surface area (Å²) in [5.41, 5.74) is 8.11. The van der Waals surface area contributed by atoms with Gasteiger partial charge in [-0.2, -0.15) is 0 Å². The number of aromatic hydroxyl groups is 2. The number of hydrogen-bond acceptors (Lipinski definition) is 7. The van der Waals surface area contributed by atoms with Crippen LogP contribution < -0.4 is 0 Å². The summed E-state index contributed by atoms with van der Waals surface area (Å²) in [6.07, 6.45) is 1.97. The first kappa shape index (κ1) is 40.0. The molecule has 0 spiro atoms. The molecule has 8 aromatic rings. The van der Waals surface area contributed by atoms with Crippen molar-refractivity contribution in [3.63, 3.8) is 0 Å². The van der Waals surface area contributed by atoms with E-state index in [4.69, 9.17) is 14.2 Å². The first-order chi connectivity index (χ1) is 27.6. The molecule has 0 atom stereocenters. The molecule has 0 fully saturated rings. The number of hydrogen-bond donors (Lipinski definition) is 2. The Balaban J connectivity index is 0.814. The molecule has 0 radical (unpaired) electrons. The average Bonchev–Trinajstić information content (AvgIpc) is 4.00. The van der Waals surface area contributed by atoms with Crippen molar-refractivity contribution in [2.75, 3.05) is 26.4 Å². The summed E-state index contributed by atoms with van der Waals surface area (Å²) < 4.78 is 24.2. The summed E-state index contributed by atoms with van der Waals surface area (Å²) in [6.45, 7) is 22.7. The van der Waals surface area contributed by atoms with Gasteiger partial charge in [-0.1, -0.05) is 81.4 Å². The van der Waals surface area contributed by atoms with Gasteiger partial charge < -0.3 is 24.4 Å². The Morgan fingerprint density at radius 2 is 0.864 bits per heavy atom. The van der Waals surface area contributed by atoms with Gasteiger partial charge in [0.15, 0.2) is 0 Å². The van der Waals surface area contributed by atoms with Crippen molar-refractivity contribution in [1.29, 1.82) is 0 Å². The highest BCUT2D eigenvalue weighted by Crippen LogP contribution is 2.41. The highest BCUT2D eigenvalue weighted by molar-refractivity contribution is 5.95. The zero-order valence-corrected chi connectivity index (χ0v) is 35.8. The lowest BCUT2D eigenvalue weighted by molar-refractivity contribution is 0.0151. The number of phenolic OH excluding ortho intramolecular Hbond substituents is 2. The van der Waals surface area contributed by atoms with E-state index in [-0.39, 0.29) is 59.6 Å². The van der Waals surface area contributed by atoms with Crippen molar-refractivity contribution in [1.82, 2.24) is 28.1 Å². The van der Waals surface area contributed by atoms with Crippen molar-refractivity contribution >= 4 is 34.0 Å². The van der Waals surface area contributed by atoms with Crippen molar-refractivity contribution in [2.24, 2.45) is 10.8 Å². The quantitative estimate of drug-likeness (QED) is 0.0829. The van der Waals surface area contributed by atoms with E-state index in [0.29, 0.717) is 22.5 Å². The summed E-state index contributed by atoms with van der Waals surface area (Å²) in [5, 5.41) is 21.6. The van der Waals surface area contributed by atoms with E-state index in [9.17, 15) is 19.8 Å². The SMILES string of the molecule is CC(C)(C)CC(C)(C)c1ccc(O)c(-n2n3c4ccc(C(=O)OCCOCCOC(=O)c5ccc6c(c5)n5n(-c7cc(C(C)(C)CC(C)(C)C)ccc7O)n65)cc4n23)c1. The van der Waals surface area contributed by atoms with Crippen LogP contribution in [0.3, 0.4) is 0 Å². The number of ether oxygens (including phenoxy) is 3. The average molecular weight is 805 g/mol. The Bertz CT molecular complexity index is 2610. The second kappa shape index (κ2) is 13.9. The Morgan fingerprint density at radius 1 is 0.492 bits per heavy atom. The van der Waals surface area contributed by atoms with Gasteiger partial charge in [-0.15, -0.1) is 28.1 Å². The molecule has 0 saturated heterocycles. The van der Waals surface area contributed by atoms with Gasteiger partial charge in [0.25, 0.3) is 0 Å². The molecule has 2 N–H and O–H groups in total. The van der Waals surface area contributed by atoms with Gasteiger partial charge in [0, 0.05) is 0 Å². The minimum atomic E-state index is -0.472. The lowest BCUT2D eigenvalue weighted by Crippen LogP contribution is -2.24. The third-order valence-corrected chi connectivity index (χ3v) is 11.1. The first-order valence-corrected chi connectivity index (χ1v) is 20.3. The molecule has 312 valence electrons. The lowest BCUT2D eigenvalue weighted by Gasteiger charge is -2.33. The number of aromatic nitrogens is 6. The van der Waals surface area contributed by atoms with Crippen LogP contribution in [0.2, 0.25) is 0 Å². The third-order valence-electron chi connectivity index (χ3n) is 11.1. The van der Waals surface area contributed by atoms with Crippen LogP contribution in [0.25, 0.3) is 33.4 Å². The Morgan fingerprint density at radius 3 is 1.24 bits per heavy atom. The molecule has 13 nitrogen and oxygen atoms in total. The highest BCUT2D eigenvalue weighted by atomic mass is 16.6. The number of nitrogens with zero attached hydrogens (tertiary/aromatic N) is 6. The number of phenols is 2. The topological polar surface area (TPSA) is 130 Å². The molecule has 13 heteroatoms. The predicted molar refractivity (Wildman–Crippen MR) is 227 cm³/mol. The molecule has 0 bridgehead atoms. The van der Waals surface area contributed by atoms with E-state index in [2.05, 4.69) is 69.2 Å². The number of carbonyl (C=O) groups excluding carboxylic acids is 2. The van der Waals surface area contributed by atoms with Gasteiger partial charge >= 0.3 is 11.9 Å². The predicted octanol–water partition coefficient (Wildman–Crippen LogP) is 9.02. The number of fused-ring (bicyclic) bond motifs is 8. The molecule has 0 amide bonds. The fourth-order valence-electron chi connectivity index (χ4n) is 9.07. The molecule has 8 rings (SSSR count). The van der Waals surface area contributed by atoms with E-state index >= 15 is 0 Å². The Labute approximate surface area is 343 Å². The maximum absolute atomic E-state index is 12.9. The standard InChI is InChI=1S/C46H56N6O7/c1-43(2,3)27-45(7,8)31-13-17-39(53)37(25-31)51-47-33-15-11-29(23-35(33)49(47)51)41(55)58-21-19-57-20-22-59-42(56)30-12-16-34-36(24-30)50-48(34)52(50)38-26-32(14-18-40(38)54)46(9,10)28-44(4,5)6/h11-18,23-26,53-54H,19-22,27-28H2,1-10H3. The van der Waals surface area contributed by atoms with E-state index in [1.807, 2.05) is 64.5 Å². The molecule has 4 heterocycles. The van der Waals surface area contributed by atoms with Gasteiger partial charge in [0.1, 0.15) is 58.2 Å². The molecular formula is C46H56N6O7. The van der Waals surface area contributed by atoms with Crippen LogP contribution in [0.15, 0.2) is 72.8 Å². The van der Waals surface area contributed by atoms with Crippen molar-refractivity contribution in [3.05, 3.63) is 95.1 Å². The van der Waals surface area contributed by atoms with Crippen molar-refractivity contribution < 1.29 is 34.0 Å². The second-order valence-electron chi connectivity index (χ2n) is 19.7. The molecule has 0 aliphatic heterocycles. The van der Waals surface area contributed by atoms with E-state index in [0.717, 1.165) is 46.0 Å². The van der Waals surface area contributed by atoms with Gasteiger partial charge in [-0.05, 0) is 106 Å². The van der Waals surface area contributed by atoms with Crippen molar-refractivity contribution in [3.8, 4) is 22.9 Å². The van der Waals surface area contributed by atoms with Gasteiger partial charge in [0.2, 0.25) is 0 Å². The Kier molecular flexibility index (Phi) is 9.42. The molecule has 4 aromatic heterocycles. The van der Waals surface area contributed by atoms with Gasteiger partial charge in [0.05, 0.1) is 24.3 Å². The van der Waals surface area contributed by atoms with E-state index in [1.165, 1.54) is 0 Å². The maximum atomic E-state index is 12.9. The Hall–Kier alpha value is -5.82. The van der Waals surface area contributed by atoms with Crippen LogP contribution in [0.1, 0.15) is 114 Å². The molecule has 0 aliphatic rings. The van der Waals surface area contributed by atoms with E-state index < -0.39 is 11.9 Å². The maximum Gasteiger partial charge on any atom is 0.338 e. The van der Waals surface area contributed by atoms with Crippen LogP contribution in [0.5, 0.6) is 11.5 Å². The fourth-order valence-corrected chi connectivity index (χ4v) is 9.07. The summed E-state index contributed by atoms with van der Waals surface area (Å²) in [4.78, 5) is 29.6. The molecular weight excluding hydrogens is 749 g/mol. The minimum Gasteiger partial charge on any atom is -0.506 e. The highest BCUT2D eigenvalue weighted by Gasteiger charge is 2.33. The first-order valence-electron chi connectivity index (χ1n) is 20.3. The van der Waals surface area contributed by atoms with Crippen LogP contribution in [0.4, 0.5) is 0 Å². The number of carbonyl (C=O) groups is 2. The van der Waals surface area contributed by atoms with Gasteiger partial charge in [-0.25, -0.2) is 9.59 Å². The number of rotatable bonds is 14. The summed E-state index contributed by atoms with van der Waals surface area (Å²) in [7, 11) is 0. The summed E-state index contributed by atoms with van der Waals surface area (Å²) in [6, 6.07) is 22.3. The smallest absolute Gasteiger partial charge is 0.338 e. The largest absolute Gasteiger partial charge is 0.506 e. The normalized spacial score (nSPS) is 13.3. The zero-order chi connectivity index (χ0) is 42.4. The van der Waals surface area contributed by atoms with Crippen LogP contribution >= 0.6 is 0 Å². The van der Waals surface area contributed by atoms with E-state index in [1.54, 1.807) is 36.4 Å². The molecule has 4 aromatic carbocycles. The number of benzene rings is 4. The number of esters is 2. The molecule has 0 aliphatic carbocycles. The second-order valence-corrected chi connectivity index (χ2v) is 19.7. The molecule has 0 unspecified atom stereocenters. The molecule has 0 saturated carbocycles. The summed E-state index contributed by atoms with van der Waals surface area (Å²) in [5.74, 6) is -0.586.